The lowest BCUT2D eigenvalue weighted by Gasteiger charge is -2.13. The van der Waals surface area contributed by atoms with Gasteiger partial charge in [-0.05, 0) is 165 Å². The quantitative estimate of drug-likeness (QED) is 0.0363. The predicted molar refractivity (Wildman–Crippen MR) is 407 cm³/mol. The lowest BCUT2D eigenvalue weighted by atomic mass is 9.99. The molecule has 0 fully saturated rings. The van der Waals surface area contributed by atoms with Crippen molar-refractivity contribution in [3.8, 4) is 84.4 Å². The number of aromatic amines is 3. The highest BCUT2D eigenvalue weighted by molar-refractivity contribution is 6.01. The van der Waals surface area contributed by atoms with Crippen LogP contribution in [0.2, 0.25) is 0 Å². The molecular formula is C78H74FN19O8. The summed E-state index contributed by atoms with van der Waals surface area (Å²) in [6, 6.07) is 44.3. The molecule has 536 valence electrons. The number of ether oxygens (including phenoxy) is 3. The van der Waals surface area contributed by atoms with E-state index in [4.69, 9.17) is 14.2 Å². The molecule has 0 saturated heterocycles. The average molecular weight is 1420 g/mol. The molecule has 0 unspecified atom stereocenters. The topological polar surface area (TPSA) is 346 Å². The summed E-state index contributed by atoms with van der Waals surface area (Å²) < 4.78 is 32.8. The molecule has 106 heavy (non-hydrogen) atoms. The molecule has 4 aromatic carbocycles. The van der Waals surface area contributed by atoms with Crippen LogP contribution in [0.4, 0.5) is 36.6 Å². The summed E-state index contributed by atoms with van der Waals surface area (Å²) in [7, 11) is 4.73. The van der Waals surface area contributed by atoms with Crippen molar-refractivity contribution in [2.75, 3.05) is 56.9 Å². The number of benzene rings is 4. The standard InChI is InChI=1S/C28H25FN6O2.C28H27N7O3.C22H22N6O3/c1-3-30-28(37)34-27-32-24-14-20(13-22(26(24)33-27)23-6-4-5-11-31-23)19-12-17(2)35(25(36)15-19)16-18-7-9-21(29)10-8-18;1-4-29-28(37)34-27-32-24-13-19(12-22(26(24)33-27)23-15-21(38-3)8-10-31-23)18-11-17(2)35(25(36)14-18)16-20-7-5-6-9-30-20;1-4-24-22(29)28-21-26-17-9-14(13-6-5-7-23-11-13)8-15(20(17)27-21)16-10-18(30-2)19(31-3)12-25-16/h4-15H,3,16H2,1-2H3,(H3,30,32,33,34,37);5-15H,4,16H2,1-3H3,(H3,29,32,33,34,37);5-12H,4H2,1-3H3,(H3,24,26,27,28,29). The maximum Gasteiger partial charge on any atom is 0.321 e. The first-order valence-electron chi connectivity index (χ1n) is 33.7. The molecule has 0 aliphatic carbocycles. The van der Waals surface area contributed by atoms with Gasteiger partial charge < -0.3 is 54.2 Å². The number of carbonyl (C=O) groups is 3. The van der Waals surface area contributed by atoms with Gasteiger partial charge in [-0.25, -0.2) is 33.7 Å². The molecule has 27 nitrogen and oxygen atoms in total. The van der Waals surface area contributed by atoms with E-state index >= 15 is 0 Å². The molecule has 0 aliphatic rings. The Balaban J connectivity index is 0.000000150. The molecule has 0 saturated carbocycles. The van der Waals surface area contributed by atoms with Gasteiger partial charge in [0, 0.05) is 109 Å². The number of rotatable bonds is 19. The number of imidazole rings is 3. The number of fused-ring (bicyclic) bond motifs is 3. The van der Waals surface area contributed by atoms with E-state index in [0.717, 1.165) is 78.2 Å². The number of H-pyrrole nitrogens is 3. The number of hydrogen-bond acceptors (Lipinski definition) is 16. The van der Waals surface area contributed by atoms with Gasteiger partial charge in [-0.1, -0.05) is 30.3 Å². The highest BCUT2D eigenvalue weighted by Gasteiger charge is 2.21. The zero-order chi connectivity index (χ0) is 74.4. The van der Waals surface area contributed by atoms with Crippen molar-refractivity contribution in [2.24, 2.45) is 0 Å². The van der Waals surface area contributed by atoms with Gasteiger partial charge in [-0.2, -0.15) is 0 Å². The Kier molecular flexibility index (Phi) is 22.3. The number of methoxy groups -OCH3 is 3. The van der Waals surface area contributed by atoms with Crippen molar-refractivity contribution in [3.63, 3.8) is 0 Å². The van der Waals surface area contributed by atoms with Crippen molar-refractivity contribution < 1.29 is 33.0 Å². The fourth-order valence-corrected chi connectivity index (χ4v) is 11.8. The van der Waals surface area contributed by atoms with Crippen LogP contribution < -0.4 is 57.2 Å². The maximum absolute atomic E-state index is 13.3. The Morgan fingerprint density at radius 3 is 1.39 bits per heavy atom. The Labute approximate surface area is 606 Å². The van der Waals surface area contributed by atoms with Gasteiger partial charge in [-0.15, -0.1) is 0 Å². The van der Waals surface area contributed by atoms with Crippen molar-refractivity contribution >= 4 is 69.0 Å². The fraction of sp³-hybridized carbons (Fsp3) is 0.167. The predicted octanol–water partition coefficient (Wildman–Crippen LogP) is 13.3. The second kappa shape index (κ2) is 32.8. The van der Waals surface area contributed by atoms with Crippen molar-refractivity contribution in [1.82, 2.24) is 79.9 Å². The van der Waals surface area contributed by atoms with Crippen molar-refractivity contribution in [1.29, 1.82) is 0 Å². The number of hydrogen-bond donors (Lipinski definition) is 9. The number of anilines is 3. The molecule has 14 rings (SSSR count). The second-order valence-corrected chi connectivity index (χ2v) is 24.0. The molecule has 0 spiro atoms. The van der Waals surface area contributed by atoms with E-state index in [2.05, 4.69) is 86.7 Å². The largest absolute Gasteiger partial charge is 0.497 e. The van der Waals surface area contributed by atoms with Gasteiger partial charge in [0.2, 0.25) is 17.8 Å². The molecule has 0 bridgehead atoms. The molecule has 28 heteroatoms. The number of carbonyl (C=O) groups excluding carboxylic acids is 3. The van der Waals surface area contributed by atoms with E-state index in [9.17, 15) is 28.4 Å². The molecule has 0 radical (unpaired) electrons. The number of nitrogens with zero attached hydrogens (tertiary/aromatic N) is 10. The highest BCUT2D eigenvalue weighted by atomic mass is 19.1. The van der Waals surface area contributed by atoms with Crippen LogP contribution in [-0.4, -0.2) is 123 Å². The van der Waals surface area contributed by atoms with Gasteiger partial charge in [0.25, 0.3) is 11.1 Å². The Hall–Kier alpha value is -13.9. The first kappa shape index (κ1) is 71.9. The first-order valence-corrected chi connectivity index (χ1v) is 33.7. The van der Waals surface area contributed by atoms with Crippen LogP contribution in [0.1, 0.15) is 43.4 Å². The van der Waals surface area contributed by atoms with E-state index in [-0.39, 0.29) is 35.0 Å². The van der Waals surface area contributed by atoms with Crippen LogP contribution in [0.5, 0.6) is 17.2 Å². The minimum Gasteiger partial charge on any atom is -0.497 e. The number of amides is 6. The van der Waals surface area contributed by atoms with Gasteiger partial charge in [0.1, 0.15) is 11.6 Å². The smallest absolute Gasteiger partial charge is 0.321 e. The molecule has 9 N–H and O–H groups in total. The minimum atomic E-state index is -0.361. The molecule has 10 heterocycles. The van der Waals surface area contributed by atoms with Crippen LogP contribution >= 0.6 is 0 Å². The summed E-state index contributed by atoms with van der Waals surface area (Å²) >= 11 is 0. The Morgan fingerprint density at radius 2 is 0.925 bits per heavy atom. The van der Waals surface area contributed by atoms with Crippen LogP contribution in [0.25, 0.3) is 100 Å². The molecule has 6 amide bonds. The van der Waals surface area contributed by atoms with Gasteiger partial charge in [0.05, 0.1) is 96.5 Å². The SMILES string of the molecule is CCNC(=O)Nc1nc2c(-c3cc(OC)c(OC)cn3)cc(-c3cccnc3)cc2[nH]1.CCNC(=O)Nc1nc2c(-c3cc(OC)ccn3)cc(-c3cc(C)n(Cc4ccccn4)c(=O)c3)cc2[nH]1.CCNC(=O)Nc1nc2c(-c3ccccn3)cc(-c3cc(C)n(Cc4ccc(F)cc4)c(=O)c3)cc2[nH]1. The van der Waals surface area contributed by atoms with Gasteiger partial charge >= 0.3 is 18.1 Å². The molecule has 10 aromatic heterocycles. The lowest BCUT2D eigenvalue weighted by Crippen LogP contribution is -2.28. The van der Waals surface area contributed by atoms with Gasteiger partial charge in [0.15, 0.2) is 11.5 Å². The van der Waals surface area contributed by atoms with Crippen LogP contribution in [0, 0.1) is 19.7 Å². The minimum absolute atomic E-state index is 0.130. The zero-order valence-corrected chi connectivity index (χ0v) is 59.0. The third-order valence-corrected chi connectivity index (χ3v) is 16.8. The van der Waals surface area contributed by atoms with Crippen molar-refractivity contribution in [2.45, 2.75) is 47.7 Å². The number of urea groups is 3. The van der Waals surface area contributed by atoms with Crippen LogP contribution in [0.3, 0.4) is 0 Å². The monoisotopic (exact) mass is 1420 g/mol. The molecule has 0 atom stereocenters. The number of halogens is 1. The summed E-state index contributed by atoms with van der Waals surface area (Å²) in [5.41, 5.74) is 16.3. The number of aryl methyl sites for hydroxylation is 2. The van der Waals surface area contributed by atoms with Crippen LogP contribution in [0.15, 0.2) is 198 Å². The molecular weight excluding hydrogens is 1350 g/mol. The van der Waals surface area contributed by atoms with Crippen molar-refractivity contribution in [3.05, 3.63) is 238 Å². The van der Waals surface area contributed by atoms with E-state index in [0.29, 0.717) is 112 Å². The maximum atomic E-state index is 13.3. The van der Waals surface area contributed by atoms with E-state index < -0.39 is 0 Å². The Morgan fingerprint density at radius 1 is 0.443 bits per heavy atom. The van der Waals surface area contributed by atoms with E-state index in [1.54, 1.807) is 104 Å². The van der Waals surface area contributed by atoms with E-state index in [1.165, 1.54) is 12.1 Å². The average Bonchev–Trinajstić information content (AvgIpc) is 1.54. The van der Waals surface area contributed by atoms with Crippen LogP contribution in [-0.2, 0) is 13.1 Å². The summed E-state index contributed by atoms with van der Waals surface area (Å²) in [6.07, 6.45) is 10.2. The highest BCUT2D eigenvalue weighted by Crippen LogP contribution is 2.39. The molecule has 0 aliphatic heterocycles. The number of nitrogens with one attached hydrogen (secondary N) is 9. The zero-order valence-electron chi connectivity index (χ0n) is 59.0. The summed E-state index contributed by atoms with van der Waals surface area (Å²) in [5.74, 6) is 2.37. The lowest BCUT2D eigenvalue weighted by molar-refractivity contribution is 0.251. The normalized spacial score (nSPS) is 10.9. The third kappa shape index (κ3) is 16.8. The summed E-state index contributed by atoms with van der Waals surface area (Å²) in [5, 5.41) is 16.2. The number of pyridine rings is 7. The summed E-state index contributed by atoms with van der Waals surface area (Å²) in [6.45, 7) is 11.5. The molecule has 14 aromatic rings. The van der Waals surface area contributed by atoms with Gasteiger partial charge in [-0.3, -0.25) is 50.5 Å². The number of aromatic nitrogens is 13. The third-order valence-electron chi connectivity index (χ3n) is 16.8. The Bertz CT molecular complexity index is 5630. The fourth-order valence-electron chi connectivity index (χ4n) is 11.8. The first-order chi connectivity index (χ1) is 51.5. The second-order valence-electron chi connectivity index (χ2n) is 24.0. The van der Waals surface area contributed by atoms with E-state index in [1.807, 2.05) is 138 Å². The summed E-state index contributed by atoms with van der Waals surface area (Å²) in [4.78, 5) is 108.